The summed E-state index contributed by atoms with van der Waals surface area (Å²) in [5, 5.41) is 10.2. The van der Waals surface area contributed by atoms with Crippen LogP contribution in [0.4, 0.5) is 0 Å². The lowest BCUT2D eigenvalue weighted by atomic mass is 9.97. The highest BCUT2D eigenvalue weighted by atomic mass is 35.5. The number of hydrogen-bond donors (Lipinski definition) is 0. The number of aryl methyl sites for hydroxylation is 1. The number of carbonyl (C=O) groups is 1. The SMILES string of the molecule is CCCCc1c(-c2nc(Cl)c3c(C)nn([C@@H](C)C(C)N4CCCC4)c3n2)noc1C(=O)CC(C)CC. The molecule has 3 atom stereocenters. The highest BCUT2D eigenvalue weighted by molar-refractivity contribution is 6.34. The van der Waals surface area contributed by atoms with Gasteiger partial charge in [0.05, 0.1) is 17.1 Å². The van der Waals surface area contributed by atoms with E-state index in [1.165, 1.54) is 12.8 Å². The van der Waals surface area contributed by atoms with Gasteiger partial charge in [-0.25, -0.2) is 14.6 Å². The van der Waals surface area contributed by atoms with Crippen molar-refractivity contribution < 1.29 is 9.32 Å². The third kappa shape index (κ3) is 5.21. The fourth-order valence-electron chi connectivity index (χ4n) is 5.05. The maximum absolute atomic E-state index is 13.1. The summed E-state index contributed by atoms with van der Waals surface area (Å²) < 4.78 is 7.62. The summed E-state index contributed by atoms with van der Waals surface area (Å²) in [7, 11) is 0. The minimum atomic E-state index is -0.0182. The number of rotatable bonds is 11. The van der Waals surface area contributed by atoms with Crippen molar-refractivity contribution in [2.75, 3.05) is 13.1 Å². The zero-order valence-corrected chi connectivity index (χ0v) is 23.2. The number of Topliss-reactive ketones (excluding diaryl/α,β-unsaturated/α-hetero) is 1. The molecular formula is C27H39ClN6O2. The minimum absolute atomic E-state index is 0.0182. The third-order valence-corrected chi connectivity index (χ3v) is 8.02. The third-order valence-electron chi connectivity index (χ3n) is 7.75. The van der Waals surface area contributed by atoms with E-state index in [0.29, 0.717) is 47.0 Å². The molecule has 0 bridgehead atoms. The van der Waals surface area contributed by atoms with E-state index < -0.39 is 0 Å². The van der Waals surface area contributed by atoms with E-state index in [1.807, 2.05) is 11.6 Å². The first kappa shape index (κ1) is 26.7. The summed E-state index contributed by atoms with van der Waals surface area (Å²) in [6.45, 7) is 14.9. The molecule has 0 aromatic carbocycles. The Balaban J connectivity index is 1.78. The van der Waals surface area contributed by atoms with Gasteiger partial charge in [-0.05, 0) is 65.5 Å². The van der Waals surface area contributed by atoms with Crippen LogP contribution in [0.2, 0.25) is 5.15 Å². The molecule has 1 saturated heterocycles. The average molecular weight is 515 g/mol. The molecule has 1 aliphatic rings. The summed E-state index contributed by atoms with van der Waals surface area (Å²) in [6.07, 6.45) is 6.41. The lowest BCUT2D eigenvalue weighted by Crippen LogP contribution is -2.36. The Morgan fingerprint density at radius 3 is 2.50 bits per heavy atom. The number of ketones is 1. The van der Waals surface area contributed by atoms with Gasteiger partial charge in [0.25, 0.3) is 0 Å². The fraction of sp³-hybridized carbons (Fsp3) is 0.667. The van der Waals surface area contributed by atoms with E-state index in [2.05, 4.69) is 49.7 Å². The number of fused-ring (bicyclic) bond motifs is 1. The van der Waals surface area contributed by atoms with E-state index in [4.69, 9.17) is 26.2 Å². The molecule has 0 N–H and O–H groups in total. The number of halogens is 1. The van der Waals surface area contributed by atoms with Gasteiger partial charge in [0.2, 0.25) is 11.5 Å². The van der Waals surface area contributed by atoms with Crippen LogP contribution >= 0.6 is 11.6 Å². The van der Waals surface area contributed by atoms with E-state index in [1.54, 1.807) is 0 Å². The molecule has 3 aromatic rings. The van der Waals surface area contributed by atoms with Gasteiger partial charge in [-0.1, -0.05) is 50.4 Å². The van der Waals surface area contributed by atoms with Crippen LogP contribution in [0.15, 0.2) is 4.52 Å². The van der Waals surface area contributed by atoms with Crippen molar-refractivity contribution in [3.8, 4) is 11.5 Å². The van der Waals surface area contributed by atoms with Crippen molar-refractivity contribution in [3.05, 3.63) is 22.2 Å². The zero-order chi connectivity index (χ0) is 26.0. The molecule has 196 valence electrons. The number of aromatic nitrogens is 5. The summed E-state index contributed by atoms with van der Waals surface area (Å²) in [6, 6.07) is 0.409. The predicted molar refractivity (Wildman–Crippen MR) is 143 cm³/mol. The van der Waals surface area contributed by atoms with Gasteiger partial charge in [0.15, 0.2) is 17.2 Å². The number of carbonyl (C=O) groups excluding carboxylic acids is 1. The van der Waals surface area contributed by atoms with Crippen LogP contribution in [0.25, 0.3) is 22.6 Å². The molecule has 8 nitrogen and oxygen atoms in total. The molecule has 4 rings (SSSR count). The van der Waals surface area contributed by atoms with Gasteiger partial charge in [0.1, 0.15) is 5.15 Å². The Hall–Kier alpha value is -2.32. The summed E-state index contributed by atoms with van der Waals surface area (Å²) in [4.78, 5) is 25.1. The van der Waals surface area contributed by atoms with Gasteiger partial charge in [-0.3, -0.25) is 9.69 Å². The van der Waals surface area contributed by atoms with Crippen LogP contribution in [-0.4, -0.2) is 54.7 Å². The molecular weight excluding hydrogens is 476 g/mol. The maximum atomic E-state index is 13.1. The smallest absolute Gasteiger partial charge is 0.206 e. The molecule has 9 heteroatoms. The van der Waals surface area contributed by atoms with Crippen molar-refractivity contribution in [2.24, 2.45) is 5.92 Å². The Bertz CT molecular complexity index is 1210. The Morgan fingerprint density at radius 1 is 1.11 bits per heavy atom. The van der Waals surface area contributed by atoms with Gasteiger partial charge in [-0.15, -0.1) is 0 Å². The van der Waals surface area contributed by atoms with Crippen LogP contribution in [0, 0.1) is 12.8 Å². The van der Waals surface area contributed by atoms with Crippen LogP contribution in [-0.2, 0) is 6.42 Å². The molecule has 1 aliphatic heterocycles. The first-order valence-corrected chi connectivity index (χ1v) is 13.8. The van der Waals surface area contributed by atoms with Gasteiger partial charge >= 0.3 is 0 Å². The molecule has 3 aromatic heterocycles. The summed E-state index contributed by atoms with van der Waals surface area (Å²) in [5.41, 5.74) is 2.78. The van der Waals surface area contributed by atoms with Crippen molar-refractivity contribution in [2.45, 2.75) is 98.6 Å². The van der Waals surface area contributed by atoms with Crippen molar-refractivity contribution in [3.63, 3.8) is 0 Å². The minimum Gasteiger partial charge on any atom is -0.352 e. The first-order valence-electron chi connectivity index (χ1n) is 13.4. The van der Waals surface area contributed by atoms with Crippen LogP contribution in [0.3, 0.4) is 0 Å². The van der Waals surface area contributed by atoms with Gasteiger partial charge in [0, 0.05) is 18.0 Å². The molecule has 36 heavy (non-hydrogen) atoms. The Kier molecular flexibility index (Phi) is 8.45. The topological polar surface area (TPSA) is 89.9 Å². The van der Waals surface area contributed by atoms with Crippen molar-refractivity contribution in [1.82, 2.24) is 29.8 Å². The van der Waals surface area contributed by atoms with E-state index in [9.17, 15) is 4.79 Å². The molecule has 0 saturated carbocycles. The monoisotopic (exact) mass is 514 g/mol. The molecule has 0 spiro atoms. The number of nitrogens with zero attached hydrogens (tertiary/aromatic N) is 6. The van der Waals surface area contributed by atoms with Crippen LogP contribution in [0.5, 0.6) is 0 Å². The van der Waals surface area contributed by atoms with Gasteiger partial charge in [-0.2, -0.15) is 5.10 Å². The number of hydrogen-bond acceptors (Lipinski definition) is 7. The van der Waals surface area contributed by atoms with Gasteiger partial charge < -0.3 is 4.52 Å². The quantitative estimate of drug-likeness (QED) is 0.214. The highest BCUT2D eigenvalue weighted by Gasteiger charge is 2.29. The standard InChI is InChI=1S/C27H39ClN6O2/c1-7-9-12-20-23(32-36-24(20)21(35)15-16(3)8-2)26-29-25(28)22-17(4)31-34(27(22)30-26)19(6)18(5)33-13-10-11-14-33/h16,18-19H,7-15H2,1-6H3/t16?,18?,19-/m0/s1. The van der Waals surface area contributed by atoms with E-state index in [0.717, 1.165) is 49.0 Å². The second kappa shape index (κ2) is 11.4. The molecule has 0 amide bonds. The maximum Gasteiger partial charge on any atom is 0.206 e. The fourth-order valence-corrected chi connectivity index (χ4v) is 5.35. The molecule has 4 heterocycles. The largest absolute Gasteiger partial charge is 0.352 e. The molecule has 0 aliphatic carbocycles. The van der Waals surface area contributed by atoms with E-state index in [-0.39, 0.29) is 17.7 Å². The zero-order valence-electron chi connectivity index (χ0n) is 22.5. The van der Waals surface area contributed by atoms with Crippen LogP contribution < -0.4 is 0 Å². The Morgan fingerprint density at radius 2 is 1.83 bits per heavy atom. The second-order valence-electron chi connectivity index (χ2n) is 10.4. The first-order chi connectivity index (χ1) is 17.3. The Labute approximate surface area is 218 Å². The van der Waals surface area contributed by atoms with E-state index >= 15 is 0 Å². The normalized spacial score (nSPS) is 17.1. The molecule has 0 radical (unpaired) electrons. The van der Waals surface area contributed by atoms with Crippen LogP contribution in [0.1, 0.15) is 101 Å². The van der Waals surface area contributed by atoms with Crippen molar-refractivity contribution >= 4 is 28.4 Å². The summed E-state index contributed by atoms with van der Waals surface area (Å²) in [5.74, 6) is 0.977. The summed E-state index contributed by atoms with van der Waals surface area (Å²) >= 11 is 6.72. The molecule has 2 unspecified atom stereocenters. The lowest BCUT2D eigenvalue weighted by molar-refractivity contribution is 0.0926. The number of likely N-dealkylation sites (tertiary alicyclic amines) is 1. The highest BCUT2D eigenvalue weighted by Crippen LogP contribution is 2.33. The predicted octanol–water partition coefficient (Wildman–Crippen LogP) is 6.45. The van der Waals surface area contributed by atoms with Crippen molar-refractivity contribution in [1.29, 1.82) is 0 Å². The average Bonchev–Trinajstić information content (AvgIpc) is 3.60. The second-order valence-corrected chi connectivity index (χ2v) is 10.7. The lowest BCUT2D eigenvalue weighted by Gasteiger charge is -2.29. The number of unbranched alkanes of at least 4 members (excludes halogenated alkanes) is 1. The molecule has 1 fully saturated rings.